The molecule has 0 fully saturated rings. The summed E-state index contributed by atoms with van der Waals surface area (Å²) in [6.45, 7) is 5.42. The number of methoxy groups -OCH3 is 1. The van der Waals surface area contributed by atoms with E-state index < -0.39 is 0 Å². The second-order valence-corrected chi connectivity index (χ2v) is 5.50. The van der Waals surface area contributed by atoms with Gasteiger partial charge in [0, 0.05) is 31.6 Å². The third kappa shape index (κ3) is 3.77. The van der Waals surface area contributed by atoms with Crippen LogP contribution in [0.3, 0.4) is 0 Å². The lowest BCUT2D eigenvalue weighted by molar-refractivity contribution is 0.181. The van der Waals surface area contributed by atoms with Crippen molar-refractivity contribution in [3.05, 3.63) is 34.2 Å². The van der Waals surface area contributed by atoms with Crippen LogP contribution >= 0.6 is 15.9 Å². The molecule has 0 amide bonds. The summed E-state index contributed by atoms with van der Waals surface area (Å²) in [5, 5.41) is 3.32. The van der Waals surface area contributed by atoms with Gasteiger partial charge >= 0.3 is 0 Å². The SMILES string of the molecule is CCCNc1nc(-c2cnccc2C)nc(COC)c1Br. The topological polar surface area (TPSA) is 59.9 Å². The van der Waals surface area contributed by atoms with Gasteiger partial charge in [-0.15, -0.1) is 0 Å². The van der Waals surface area contributed by atoms with Gasteiger partial charge < -0.3 is 10.1 Å². The first-order chi connectivity index (χ1) is 10.2. The van der Waals surface area contributed by atoms with E-state index in [9.17, 15) is 0 Å². The Morgan fingerprint density at radius 2 is 2.14 bits per heavy atom. The fourth-order valence-electron chi connectivity index (χ4n) is 1.90. The van der Waals surface area contributed by atoms with Crippen LogP contribution in [-0.2, 0) is 11.3 Å². The summed E-state index contributed by atoms with van der Waals surface area (Å²) in [4.78, 5) is 13.4. The maximum atomic E-state index is 5.23. The summed E-state index contributed by atoms with van der Waals surface area (Å²) < 4.78 is 6.08. The number of hydrogen-bond donors (Lipinski definition) is 1. The van der Waals surface area contributed by atoms with Gasteiger partial charge in [0.05, 0.1) is 16.8 Å². The quantitative estimate of drug-likeness (QED) is 0.862. The van der Waals surface area contributed by atoms with E-state index in [1.54, 1.807) is 19.5 Å². The van der Waals surface area contributed by atoms with Crippen LogP contribution in [-0.4, -0.2) is 28.6 Å². The minimum absolute atomic E-state index is 0.427. The largest absolute Gasteiger partial charge is 0.378 e. The van der Waals surface area contributed by atoms with Gasteiger partial charge in [0.15, 0.2) is 5.82 Å². The molecule has 0 saturated carbocycles. The van der Waals surface area contributed by atoms with E-state index in [1.165, 1.54) is 0 Å². The third-order valence-electron chi connectivity index (χ3n) is 3.02. The highest BCUT2D eigenvalue weighted by molar-refractivity contribution is 9.10. The predicted octanol–water partition coefficient (Wildman–Crippen LogP) is 3.58. The van der Waals surface area contributed by atoms with Gasteiger partial charge in [-0.1, -0.05) is 6.92 Å². The van der Waals surface area contributed by atoms with Crippen molar-refractivity contribution in [3.8, 4) is 11.4 Å². The second-order valence-electron chi connectivity index (χ2n) is 4.71. The summed E-state index contributed by atoms with van der Waals surface area (Å²) in [6.07, 6.45) is 4.58. The normalized spacial score (nSPS) is 10.7. The zero-order chi connectivity index (χ0) is 15.2. The van der Waals surface area contributed by atoms with Gasteiger partial charge in [0.1, 0.15) is 5.82 Å². The van der Waals surface area contributed by atoms with E-state index in [1.807, 2.05) is 13.0 Å². The molecule has 0 unspecified atom stereocenters. The molecule has 0 aliphatic carbocycles. The molecule has 2 heterocycles. The van der Waals surface area contributed by atoms with Crippen LogP contribution in [0.15, 0.2) is 22.9 Å². The Kier molecular flexibility index (Phi) is 5.64. The van der Waals surface area contributed by atoms with Crippen molar-refractivity contribution in [3.63, 3.8) is 0 Å². The Balaban J connectivity index is 2.50. The number of ether oxygens (including phenoxy) is 1. The number of aromatic nitrogens is 3. The van der Waals surface area contributed by atoms with Crippen LogP contribution in [0.1, 0.15) is 24.6 Å². The van der Waals surface area contributed by atoms with Crippen LogP contribution in [0.4, 0.5) is 5.82 Å². The molecule has 2 rings (SSSR count). The van der Waals surface area contributed by atoms with Crippen LogP contribution in [0, 0.1) is 6.92 Å². The van der Waals surface area contributed by atoms with Gasteiger partial charge in [-0.2, -0.15) is 0 Å². The standard InChI is InChI=1S/C15H19BrN4O/c1-4-6-18-15-13(16)12(9-21-3)19-14(20-15)11-8-17-7-5-10(11)2/h5,7-8H,4,6,9H2,1-3H3,(H,18,19,20). The van der Waals surface area contributed by atoms with E-state index in [0.717, 1.165) is 40.1 Å². The molecule has 2 aromatic heterocycles. The summed E-state index contributed by atoms with van der Waals surface area (Å²) in [6, 6.07) is 1.95. The fraction of sp³-hybridized carbons (Fsp3) is 0.400. The Morgan fingerprint density at radius 3 is 2.81 bits per heavy atom. The molecular formula is C15H19BrN4O. The Hall–Kier alpha value is -1.53. The lowest BCUT2D eigenvalue weighted by Gasteiger charge is -2.13. The van der Waals surface area contributed by atoms with Gasteiger partial charge in [0.2, 0.25) is 0 Å². The highest BCUT2D eigenvalue weighted by Gasteiger charge is 2.14. The number of nitrogens with one attached hydrogen (secondary N) is 1. The van der Waals surface area contributed by atoms with Crippen molar-refractivity contribution >= 4 is 21.7 Å². The van der Waals surface area contributed by atoms with Crippen LogP contribution in [0.2, 0.25) is 0 Å². The lowest BCUT2D eigenvalue weighted by atomic mass is 10.1. The summed E-state index contributed by atoms with van der Waals surface area (Å²) in [5.74, 6) is 1.45. The van der Waals surface area contributed by atoms with Crippen LogP contribution in [0.5, 0.6) is 0 Å². The Morgan fingerprint density at radius 1 is 1.33 bits per heavy atom. The summed E-state index contributed by atoms with van der Waals surface area (Å²) in [5.41, 5.74) is 2.85. The number of halogens is 1. The molecule has 6 heteroatoms. The zero-order valence-electron chi connectivity index (χ0n) is 12.5. The van der Waals surface area contributed by atoms with Crippen molar-refractivity contribution in [2.24, 2.45) is 0 Å². The van der Waals surface area contributed by atoms with Crippen molar-refractivity contribution in [2.45, 2.75) is 26.9 Å². The van der Waals surface area contributed by atoms with Crippen molar-refractivity contribution in [1.82, 2.24) is 15.0 Å². The first-order valence-electron chi connectivity index (χ1n) is 6.87. The molecule has 0 aromatic carbocycles. The van der Waals surface area contributed by atoms with Crippen molar-refractivity contribution < 1.29 is 4.74 Å². The van der Waals surface area contributed by atoms with Crippen LogP contribution in [0.25, 0.3) is 11.4 Å². The first-order valence-corrected chi connectivity index (χ1v) is 7.66. The summed E-state index contributed by atoms with van der Waals surface area (Å²) >= 11 is 3.55. The zero-order valence-corrected chi connectivity index (χ0v) is 14.1. The highest BCUT2D eigenvalue weighted by Crippen LogP contribution is 2.28. The molecule has 112 valence electrons. The number of hydrogen-bond acceptors (Lipinski definition) is 5. The molecule has 21 heavy (non-hydrogen) atoms. The number of aryl methyl sites for hydroxylation is 1. The fourth-order valence-corrected chi connectivity index (χ4v) is 2.34. The Labute approximate surface area is 133 Å². The molecule has 5 nitrogen and oxygen atoms in total. The minimum Gasteiger partial charge on any atom is -0.378 e. The van der Waals surface area contributed by atoms with Gasteiger partial charge in [-0.3, -0.25) is 4.98 Å². The predicted molar refractivity (Wildman–Crippen MR) is 87.2 cm³/mol. The van der Waals surface area contributed by atoms with Gasteiger partial charge in [0.25, 0.3) is 0 Å². The average molecular weight is 351 g/mol. The molecular weight excluding hydrogens is 332 g/mol. The minimum atomic E-state index is 0.427. The van der Waals surface area contributed by atoms with Crippen molar-refractivity contribution in [2.75, 3.05) is 19.0 Å². The molecule has 2 aromatic rings. The van der Waals surface area contributed by atoms with E-state index in [-0.39, 0.29) is 0 Å². The average Bonchev–Trinajstić information content (AvgIpc) is 2.49. The monoisotopic (exact) mass is 350 g/mol. The number of anilines is 1. The van der Waals surface area contributed by atoms with Crippen LogP contribution < -0.4 is 5.32 Å². The Bertz CT molecular complexity index is 619. The maximum absolute atomic E-state index is 5.23. The van der Waals surface area contributed by atoms with Gasteiger partial charge in [-0.25, -0.2) is 9.97 Å². The number of nitrogens with zero attached hydrogens (tertiary/aromatic N) is 3. The number of pyridine rings is 1. The molecule has 0 saturated heterocycles. The number of rotatable bonds is 6. The first kappa shape index (κ1) is 15.9. The van der Waals surface area contributed by atoms with Gasteiger partial charge in [-0.05, 0) is 40.9 Å². The molecule has 0 spiro atoms. The second kappa shape index (κ2) is 7.47. The maximum Gasteiger partial charge on any atom is 0.163 e. The van der Waals surface area contributed by atoms with E-state index in [0.29, 0.717) is 12.4 Å². The molecule has 0 aliphatic rings. The molecule has 0 bridgehead atoms. The third-order valence-corrected chi connectivity index (χ3v) is 3.86. The molecule has 0 aliphatic heterocycles. The van der Waals surface area contributed by atoms with E-state index in [4.69, 9.17) is 4.74 Å². The molecule has 0 radical (unpaired) electrons. The molecule has 0 atom stereocenters. The smallest absolute Gasteiger partial charge is 0.163 e. The van der Waals surface area contributed by atoms with E-state index >= 15 is 0 Å². The van der Waals surface area contributed by atoms with E-state index in [2.05, 4.69) is 43.1 Å². The lowest BCUT2D eigenvalue weighted by Crippen LogP contribution is -2.08. The highest BCUT2D eigenvalue weighted by atomic mass is 79.9. The van der Waals surface area contributed by atoms with Crippen molar-refractivity contribution in [1.29, 1.82) is 0 Å². The molecule has 1 N–H and O–H groups in total. The summed E-state index contributed by atoms with van der Waals surface area (Å²) in [7, 11) is 1.66.